The Morgan fingerprint density at radius 3 is 2.89 bits per heavy atom. The molecule has 0 spiro atoms. The smallest absolute Gasteiger partial charge is 0.410 e. The van der Waals surface area contributed by atoms with Crippen LogP contribution < -0.4 is 0 Å². The molecule has 0 bridgehead atoms. The fraction of sp³-hybridized carbons (Fsp3) is 0.533. The first-order valence-corrected chi connectivity index (χ1v) is 7.32. The van der Waals surface area contributed by atoms with Gasteiger partial charge in [0.1, 0.15) is 6.61 Å². The summed E-state index contributed by atoms with van der Waals surface area (Å²) in [6.07, 6.45) is 3.13. The Morgan fingerprint density at radius 1 is 1.32 bits per heavy atom. The van der Waals surface area contributed by atoms with Gasteiger partial charge in [0.05, 0.1) is 11.4 Å². The largest absolute Gasteiger partial charge is 0.445 e. The summed E-state index contributed by atoms with van der Waals surface area (Å²) >= 11 is 6.24. The van der Waals surface area contributed by atoms with Crippen LogP contribution in [0.3, 0.4) is 0 Å². The van der Waals surface area contributed by atoms with Crippen LogP contribution in [0.2, 0.25) is 0 Å². The van der Waals surface area contributed by atoms with Crippen molar-refractivity contribution in [2.75, 3.05) is 6.54 Å². The molecule has 0 radical (unpaired) electrons. The number of likely N-dealkylation sites (tertiary alicyclic amines) is 1. The van der Waals surface area contributed by atoms with Crippen LogP contribution in [0.25, 0.3) is 0 Å². The van der Waals surface area contributed by atoms with Gasteiger partial charge < -0.3 is 9.64 Å². The maximum atomic E-state index is 12.2. The van der Waals surface area contributed by atoms with Gasteiger partial charge in [0.25, 0.3) is 0 Å². The monoisotopic (exact) mass is 279 g/mol. The summed E-state index contributed by atoms with van der Waals surface area (Å²) in [4.78, 5) is 14.0. The number of alkyl halides is 1. The molecule has 1 heterocycles. The number of ether oxygens (including phenoxy) is 1. The predicted molar refractivity (Wildman–Crippen MR) is 74.1 cm³/mol. The molecule has 1 aromatic rings. The van der Waals surface area contributed by atoms with E-state index in [0.29, 0.717) is 12.5 Å². The van der Waals surface area contributed by atoms with Crippen LogP contribution >= 0.6 is 11.6 Å². The first kappa shape index (κ1) is 12.8. The zero-order chi connectivity index (χ0) is 13.2. The third-order valence-corrected chi connectivity index (χ3v) is 4.60. The molecule has 2 aliphatic rings. The number of fused-ring (bicyclic) bond motifs is 1. The van der Waals surface area contributed by atoms with E-state index >= 15 is 0 Å². The van der Waals surface area contributed by atoms with Gasteiger partial charge in [-0.05, 0) is 24.3 Å². The van der Waals surface area contributed by atoms with E-state index in [4.69, 9.17) is 16.3 Å². The summed E-state index contributed by atoms with van der Waals surface area (Å²) in [7, 11) is 0. The van der Waals surface area contributed by atoms with Crippen molar-refractivity contribution in [3.05, 3.63) is 35.9 Å². The number of nitrogens with zero attached hydrogens (tertiary/aromatic N) is 1. The molecule has 0 aromatic heterocycles. The van der Waals surface area contributed by atoms with E-state index in [-0.39, 0.29) is 17.5 Å². The Hall–Kier alpha value is -1.22. The third-order valence-electron chi connectivity index (χ3n) is 4.02. The molecule has 1 aliphatic carbocycles. The zero-order valence-electron chi connectivity index (χ0n) is 10.8. The fourth-order valence-electron chi connectivity index (χ4n) is 2.87. The van der Waals surface area contributed by atoms with Crippen LogP contribution in [0.5, 0.6) is 0 Å². The van der Waals surface area contributed by atoms with Gasteiger partial charge in [0.2, 0.25) is 0 Å². The number of halogens is 1. The molecule has 3 rings (SSSR count). The summed E-state index contributed by atoms with van der Waals surface area (Å²) < 4.78 is 5.40. The average molecular weight is 280 g/mol. The second-order valence-electron chi connectivity index (χ2n) is 5.33. The Labute approximate surface area is 118 Å². The molecule has 1 saturated carbocycles. The SMILES string of the molecule is O=C(OCc1ccccc1)N1CCCC[C@H]2[C@@H](Cl)[C@H]21. The standard InChI is InChI=1S/C15H18ClNO2/c16-13-12-8-4-5-9-17(14(12)13)15(18)19-10-11-6-2-1-3-7-11/h1-3,6-7,12-14H,4-5,8-10H2/t12-,13+,14-/m0/s1. The van der Waals surface area contributed by atoms with Crippen molar-refractivity contribution >= 4 is 17.7 Å². The minimum absolute atomic E-state index is 0.129. The van der Waals surface area contributed by atoms with Gasteiger partial charge in [0.15, 0.2) is 0 Å². The average Bonchev–Trinajstić information content (AvgIpc) is 3.13. The van der Waals surface area contributed by atoms with E-state index < -0.39 is 0 Å². The lowest BCUT2D eigenvalue weighted by atomic mass is 10.2. The minimum atomic E-state index is -0.219. The number of benzene rings is 1. The van der Waals surface area contributed by atoms with E-state index in [1.165, 1.54) is 0 Å². The van der Waals surface area contributed by atoms with Gasteiger partial charge in [-0.25, -0.2) is 4.79 Å². The van der Waals surface area contributed by atoms with Crippen molar-refractivity contribution in [1.82, 2.24) is 4.90 Å². The number of hydrogen-bond acceptors (Lipinski definition) is 2. The van der Waals surface area contributed by atoms with Gasteiger partial charge in [-0.15, -0.1) is 11.6 Å². The van der Waals surface area contributed by atoms with Crippen molar-refractivity contribution in [2.24, 2.45) is 5.92 Å². The van der Waals surface area contributed by atoms with Crippen LogP contribution in [0.15, 0.2) is 30.3 Å². The Morgan fingerprint density at radius 2 is 2.11 bits per heavy atom. The second kappa shape index (κ2) is 5.41. The Kier molecular flexibility index (Phi) is 3.65. The molecule has 1 amide bonds. The lowest BCUT2D eigenvalue weighted by molar-refractivity contribution is 0.0932. The van der Waals surface area contributed by atoms with Gasteiger partial charge in [0, 0.05) is 6.54 Å². The summed E-state index contributed by atoms with van der Waals surface area (Å²) in [5, 5.41) is 0.129. The van der Waals surface area contributed by atoms with Crippen LogP contribution in [0, 0.1) is 5.92 Å². The molecular formula is C15H18ClNO2. The predicted octanol–water partition coefficient (Wildman–Crippen LogP) is 3.41. The second-order valence-corrected chi connectivity index (χ2v) is 5.83. The van der Waals surface area contributed by atoms with E-state index in [2.05, 4.69) is 0 Å². The molecule has 1 saturated heterocycles. The molecular weight excluding hydrogens is 262 g/mol. The Balaban J connectivity index is 1.58. The van der Waals surface area contributed by atoms with Crippen LogP contribution in [-0.2, 0) is 11.3 Å². The third kappa shape index (κ3) is 2.71. The van der Waals surface area contributed by atoms with Crippen molar-refractivity contribution in [1.29, 1.82) is 0 Å². The Bertz CT molecular complexity index is 451. The van der Waals surface area contributed by atoms with Crippen molar-refractivity contribution in [3.63, 3.8) is 0 Å². The van der Waals surface area contributed by atoms with E-state index in [0.717, 1.165) is 31.4 Å². The van der Waals surface area contributed by atoms with Crippen molar-refractivity contribution in [3.8, 4) is 0 Å². The van der Waals surface area contributed by atoms with Gasteiger partial charge in [-0.2, -0.15) is 0 Å². The summed E-state index contributed by atoms with van der Waals surface area (Å²) in [5.74, 6) is 0.480. The number of rotatable bonds is 2. The number of carbonyl (C=O) groups excluding carboxylic acids is 1. The molecule has 102 valence electrons. The number of amides is 1. The first-order chi connectivity index (χ1) is 9.27. The van der Waals surface area contributed by atoms with Crippen molar-refractivity contribution < 1.29 is 9.53 Å². The summed E-state index contributed by atoms with van der Waals surface area (Å²) in [6.45, 7) is 1.11. The normalized spacial score (nSPS) is 29.3. The summed E-state index contributed by atoms with van der Waals surface area (Å²) in [5.41, 5.74) is 1.01. The molecule has 1 aromatic carbocycles. The van der Waals surface area contributed by atoms with Crippen LogP contribution in [-0.4, -0.2) is 29.0 Å². The van der Waals surface area contributed by atoms with E-state index in [1.54, 1.807) is 0 Å². The topological polar surface area (TPSA) is 29.5 Å². The molecule has 1 aliphatic heterocycles. The molecule has 4 heteroatoms. The highest BCUT2D eigenvalue weighted by molar-refractivity contribution is 6.23. The zero-order valence-corrected chi connectivity index (χ0v) is 11.6. The maximum Gasteiger partial charge on any atom is 0.410 e. The quantitative estimate of drug-likeness (QED) is 0.777. The number of carbonyl (C=O) groups is 1. The van der Waals surface area contributed by atoms with E-state index in [9.17, 15) is 4.79 Å². The highest BCUT2D eigenvalue weighted by Crippen LogP contribution is 2.46. The molecule has 19 heavy (non-hydrogen) atoms. The fourth-order valence-corrected chi connectivity index (χ4v) is 3.39. The van der Waals surface area contributed by atoms with Crippen LogP contribution in [0.4, 0.5) is 4.79 Å². The highest BCUT2D eigenvalue weighted by Gasteiger charge is 2.54. The first-order valence-electron chi connectivity index (χ1n) is 6.89. The molecule has 2 fully saturated rings. The van der Waals surface area contributed by atoms with Crippen LogP contribution in [0.1, 0.15) is 24.8 Å². The molecule has 3 nitrogen and oxygen atoms in total. The molecule has 0 N–H and O–H groups in total. The highest BCUT2D eigenvalue weighted by atomic mass is 35.5. The van der Waals surface area contributed by atoms with Gasteiger partial charge in [-0.3, -0.25) is 0 Å². The molecule has 0 unspecified atom stereocenters. The number of hydrogen-bond donors (Lipinski definition) is 0. The maximum absolute atomic E-state index is 12.2. The lowest BCUT2D eigenvalue weighted by Crippen LogP contribution is -2.35. The van der Waals surface area contributed by atoms with E-state index in [1.807, 2.05) is 35.2 Å². The minimum Gasteiger partial charge on any atom is -0.445 e. The van der Waals surface area contributed by atoms with Gasteiger partial charge >= 0.3 is 6.09 Å². The van der Waals surface area contributed by atoms with Crippen molar-refractivity contribution in [2.45, 2.75) is 37.3 Å². The summed E-state index contributed by atoms with van der Waals surface area (Å²) in [6, 6.07) is 9.96. The lowest BCUT2D eigenvalue weighted by Gasteiger charge is -2.21. The van der Waals surface area contributed by atoms with Gasteiger partial charge in [-0.1, -0.05) is 36.8 Å². The molecule has 3 atom stereocenters.